The molecular weight excluding hydrogens is 338 g/mol. The van der Waals surface area contributed by atoms with Crippen molar-refractivity contribution in [2.24, 2.45) is 0 Å². The van der Waals surface area contributed by atoms with Gasteiger partial charge in [-0.25, -0.2) is 4.98 Å². The number of nitrogens with two attached hydrogens (primary N) is 1. The Labute approximate surface area is 130 Å². The number of benzene rings is 1. The maximum absolute atomic E-state index is 12.5. The molecular formula is C14H16BrN3OS. The van der Waals surface area contributed by atoms with Crippen LogP contribution in [0.15, 0.2) is 22.0 Å². The van der Waals surface area contributed by atoms with E-state index < -0.39 is 0 Å². The highest BCUT2D eigenvalue weighted by atomic mass is 79.9. The summed E-state index contributed by atoms with van der Waals surface area (Å²) in [5.74, 6) is -0.0545. The van der Waals surface area contributed by atoms with Crippen LogP contribution in [0, 0.1) is 13.8 Å². The van der Waals surface area contributed by atoms with E-state index in [0.29, 0.717) is 17.8 Å². The second-order valence-electron chi connectivity index (χ2n) is 4.69. The second-order valence-corrected chi connectivity index (χ2v) is 6.66. The van der Waals surface area contributed by atoms with E-state index in [0.717, 1.165) is 20.7 Å². The number of carbonyl (C=O) groups excluding carboxylic acids is 1. The Morgan fingerprint density at radius 2 is 2.15 bits per heavy atom. The van der Waals surface area contributed by atoms with Gasteiger partial charge in [0.25, 0.3) is 5.91 Å². The Morgan fingerprint density at radius 3 is 2.75 bits per heavy atom. The molecule has 2 rings (SSSR count). The average molecular weight is 354 g/mol. The molecule has 0 saturated carbocycles. The lowest BCUT2D eigenvalue weighted by molar-refractivity contribution is 0.0783. The van der Waals surface area contributed by atoms with Crippen molar-refractivity contribution in [2.45, 2.75) is 20.4 Å². The summed E-state index contributed by atoms with van der Waals surface area (Å²) in [6.45, 7) is 4.31. The zero-order valence-electron chi connectivity index (χ0n) is 11.6. The Kier molecular flexibility index (Phi) is 4.45. The third-order valence-corrected chi connectivity index (χ3v) is 4.34. The van der Waals surface area contributed by atoms with Crippen molar-refractivity contribution in [3.63, 3.8) is 0 Å². The molecule has 0 aliphatic rings. The van der Waals surface area contributed by atoms with E-state index >= 15 is 0 Å². The number of halogens is 1. The molecule has 4 nitrogen and oxygen atoms in total. The third kappa shape index (κ3) is 3.19. The largest absolute Gasteiger partial charge is 0.398 e. The summed E-state index contributed by atoms with van der Waals surface area (Å²) in [5.41, 5.74) is 8.84. The summed E-state index contributed by atoms with van der Waals surface area (Å²) in [4.78, 5) is 18.5. The molecule has 106 valence electrons. The highest BCUT2D eigenvalue weighted by Gasteiger charge is 2.17. The summed E-state index contributed by atoms with van der Waals surface area (Å²) in [6, 6.07) is 3.60. The predicted octanol–water partition coefficient (Wildman–Crippen LogP) is 3.38. The molecule has 2 aromatic rings. The van der Waals surface area contributed by atoms with Gasteiger partial charge in [-0.1, -0.05) is 15.9 Å². The van der Waals surface area contributed by atoms with Crippen molar-refractivity contribution >= 4 is 38.9 Å². The third-order valence-electron chi connectivity index (χ3n) is 3.06. The zero-order chi connectivity index (χ0) is 14.9. The van der Waals surface area contributed by atoms with Crippen LogP contribution in [0.3, 0.4) is 0 Å². The lowest BCUT2D eigenvalue weighted by atomic mass is 10.1. The normalized spacial score (nSPS) is 10.6. The van der Waals surface area contributed by atoms with Crippen LogP contribution >= 0.6 is 27.3 Å². The van der Waals surface area contributed by atoms with E-state index in [1.807, 2.05) is 19.2 Å². The molecule has 6 heteroatoms. The molecule has 0 saturated heterocycles. The number of aromatic nitrogens is 1. The van der Waals surface area contributed by atoms with Crippen LogP contribution in [-0.2, 0) is 6.54 Å². The topological polar surface area (TPSA) is 59.2 Å². The number of hydrogen-bond acceptors (Lipinski definition) is 4. The molecule has 0 aliphatic carbocycles. The highest BCUT2D eigenvalue weighted by molar-refractivity contribution is 9.10. The fraction of sp³-hybridized carbons (Fsp3) is 0.286. The molecule has 1 aromatic heterocycles. The zero-order valence-corrected chi connectivity index (χ0v) is 14.0. The van der Waals surface area contributed by atoms with Gasteiger partial charge in [-0.2, -0.15) is 0 Å². The number of anilines is 1. The van der Waals surface area contributed by atoms with Crippen molar-refractivity contribution in [3.8, 4) is 0 Å². The minimum absolute atomic E-state index is 0.0545. The highest BCUT2D eigenvalue weighted by Crippen LogP contribution is 2.24. The van der Waals surface area contributed by atoms with E-state index in [1.165, 1.54) is 0 Å². The van der Waals surface area contributed by atoms with Gasteiger partial charge in [-0.3, -0.25) is 4.79 Å². The lowest BCUT2D eigenvalue weighted by Crippen LogP contribution is -2.27. The molecule has 0 fully saturated rings. The average Bonchev–Trinajstić information content (AvgIpc) is 2.78. The number of hydrogen-bond donors (Lipinski definition) is 1. The fourth-order valence-corrected chi connectivity index (χ4v) is 3.00. The summed E-state index contributed by atoms with van der Waals surface area (Å²) < 4.78 is 0.807. The summed E-state index contributed by atoms with van der Waals surface area (Å²) in [7, 11) is 1.77. The number of rotatable bonds is 3. The predicted molar refractivity (Wildman–Crippen MR) is 85.9 cm³/mol. The van der Waals surface area contributed by atoms with Gasteiger partial charge in [0.1, 0.15) is 0 Å². The first kappa shape index (κ1) is 15.0. The summed E-state index contributed by atoms with van der Waals surface area (Å²) in [5, 5.41) is 2.98. The van der Waals surface area contributed by atoms with Crippen molar-refractivity contribution in [1.29, 1.82) is 0 Å². The number of nitrogens with zero attached hydrogens (tertiary/aromatic N) is 2. The molecule has 0 unspecified atom stereocenters. The molecule has 0 radical (unpaired) electrons. The van der Waals surface area contributed by atoms with E-state index in [4.69, 9.17) is 5.73 Å². The van der Waals surface area contributed by atoms with Crippen LogP contribution in [0.2, 0.25) is 0 Å². The van der Waals surface area contributed by atoms with Gasteiger partial charge < -0.3 is 10.6 Å². The molecule has 0 atom stereocenters. The number of thiazole rings is 1. The second kappa shape index (κ2) is 5.93. The van der Waals surface area contributed by atoms with E-state index in [9.17, 15) is 4.79 Å². The number of amides is 1. The van der Waals surface area contributed by atoms with Gasteiger partial charge >= 0.3 is 0 Å². The summed E-state index contributed by atoms with van der Waals surface area (Å²) in [6.07, 6.45) is 0. The van der Waals surface area contributed by atoms with Crippen molar-refractivity contribution in [2.75, 3.05) is 12.8 Å². The van der Waals surface area contributed by atoms with Crippen LogP contribution in [0.25, 0.3) is 0 Å². The van der Waals surface area contributed by atoms with Gasteiger partial charge in [0.05, 0.1) is 17.2 Å². The molecule has 1 aromatic carbocycles. The summed E-state index contributed by atoms with van der Waals surface area (Å²) >= 11 is 4.96. The fourth-order valence-electron chi connectivity index (χ4n) is 1.92. The van der Waals surface area contributed by atoms with E-state index in [-0.39, 0.29) is 5.91 Å². The molecule has 2 N–H and O–H groups in total. The molecule has 20 heavy (non-hydrogen) atoms. The van der Waals surface area contributed by atoms with E-state index in [2.05, 4.69) is 20.9 Å². The van der Waals surface area contributed by atoms with Crippen molar-refractivity contribution in [1.82, 2.24) is 9.88 Å². The van der Waals surface area contributed by atoms with E-state index in [1.54, 1.807) is 35.4 Å². The molecule has 0 aliphatic heterocycles. The van der Waals surface area contributed by atoms with Gasteiger partial charge in [-0.15, -0.1) is 11.3 Å². The Balaban J connectivity index is 2.22. The van der Waals surface area contributed by atoms with Crippen LogP contribution in [0.4, 0.5) is 5.69 Å². The number of aryl methyl sites for hydroxylation is 1. The first-order chi connectivity index (χ1) is 9.38. The lowest BCUT2D eigenvalue weighted by Gasteiger charge is -2.18. The monoisotopic (exact) mass is 353 g/mol. The van der Waals surface area contributed by atoms with Crippen LogP contribution < -0.4 is 5.73 Å². The SMILES string of the molecule is Cc1nc(CN(C)C(=O)c2cc(Br)cc(N)c2C)cs1. The standard InChI is InChI=1S/C14H16BrN3OS/c1-8-12(4-10(15)5-13(8)16)14(19)18(3)6-11-7-20-9(2)17-11/h4-5,7H,6,16H2,1-3H3. The minimum Gasteiger partial charge on any atom is -0.398 e. The van der Waals surface area contributed by atoms with Gasteiger partial charge in [0, 0.05) is 28.2 Å². The Bertz CT molecular complexity index is 654. The number of carbonyl (C=O) groups is 1. The first-order valence-electron chi connectivity index (χ1n) is 6.10. The molecule has 0 spiro atoms. The van der Waals surface area contributed by atoms with Crippen LogP contribution in [0.1, 0.15) is 26.6 Å². The van der Waals surface area contributed by atoms with Crippen LogP contribution in [0.5, 0.6) is 0 Å². The maximum Gasteiger partial charge on any atom is 0.254 e. The van der Waals surface area contributed by atoms with Gasteiger partial charge in [0.15, 0.2) is 0 Å². The van der Waals surface area contributed by atoms with Gasteiger partial charge in [0.2, 0.25) is 0 Å². The number of nitrogen functional groups attached to an aromatic ring is 1. The molecule has 0 bridgehead atoms. The molecule has 1 amide bonds. The Morgan fingerprint density at radius 1 is 1.45 bits per heavy atom. The minimum atomic E-state index is -0.0545. The smallest absolute Gasteiger partial charge is 0.254 e. The van der Waals surface area contributed by atoms with Crippen molar-refractivity contribution in [3.05, 3.63) is 43.8 Å². The Hall–Kier alpha value is -1.40. The molecule has 1 heterocycles. The van der Waals surface area contributed by atoms with Crippen molar-refractivity contribution < 1.29 is 4.79 Å². The maximum atomic E-state index is 12.5. The quantitative estimate of drug-likeness (QED) is 0.860. The first-order valence-corrected chi connectivity index (χ1v) is 7.78. The van der Waals surface area contributed by atoms with Crippen LogP contribution in [-0.4, -0.2) is 22.8 Å². The van der Waals surface area contributed by atoms with Gasteiger partial charge in [-0.05, 0) is 31.5 Å².